The number of carbonyl (C=O) groups excluding carboxylic acids is 3. The topological polar surface area (TPSA) is 136 Å². The monoisotopic (exact) mass is 595 g/mol. The number of carbonyl (C=O) groups is 3. The van der Waals surface area contributed by atoms with Crippen molar-refractivity contribution in [1.29, 1.82) is 0 Å². The number of likely N-dealkylation sites (tertiary alicyclic amines) is 1. The number of amides is 3. The molecule has 3 N–H and O–H groups in total. The molecular weight excluding hydrogens is 575 g/mol. The molecule has 0 spiro atoms. The van der Waals surface area contributed by atoms with Crippen LogP contribution in [0.3, 0.4) is 0 Å². The average Bonchev–Trinajstić information content (AvgIpc) is 3.54. The molecular formula is C28H21ClF3N7O3. The Labute approximate surface area is 241 Å². The third kappa shape index (κ3) is 6.03. The number of hydrogen-bond acceptors (Lipinski definition) is 6. The molecule has 14 heteroatoms. The summed E-state index contributed by atoms with van der Waals surface area (Å²) in [5, 5.41) is 6.93. The molecule has 10 nitrogen and oxygen atoms in total. The fourth-order valence-electron chi connectivity index (χ4n) is 4.58. The van der Waals surface area contributed by atoms with Gasteiger partial charge in [-0.15, -0.1) is 0 Å². The standard InChI is InChI=1S/C28H21ClF3N7O3/c29-20-3-1-2-16(25(20)32)10-36-28(42)22-9-17(30)13-38(22)24(40)14-39-21-6-4-15(8-19(21)26(37-39)27(33)41)5-7-23-34-11-18(31)12-35-23/h1-4,6,8,11-12,17,22H,9-10,13-14H2,(H2,33,41)(H,36,42)/t17-,22+/m1/s1. The fourth-order valence-corrected chi connectivity index (χ4v) is 4.77. The van der Waals surface area contributed by atoms with Crippen molar-refractivity contribution in [3.63, 3.8) is 0 Å². The highest BCUT2D eigenvalue weighted by Gasteiger charge is 2.40. The van der Waals surface area contributed by atoms with Gasteiger partial charge in [0.2, 0.25) is 17.6 Å². The van der Waals surface area contributed by atoms with Crippen molar-refractivity contribution in [3.05, 3.63) is 88.1 Å². The maximum Gasteiger partial charge on any atom is 0.269 e. The number of rotatable bonds is 6. The molecule has 4 aromatic rings. The van der Waals surface area contributed by atoms with Crippen LogP contribution in [0.1, 0.15) is 33.9 Å². The summed E-state index contributed by atoms with van der Waals surface area (Å²) >= 11 is 5.78. The highest BCUT2D eigenvalue weighted by Crippen LogP contribution is 2.24. The summed E-state index contributed by atoms with van der Waals surface area (Å²) in [5.74, 6) is 2.15. The van der Waals surface area contributed by atoms with Gasteiger partial charge in [0, 0.05) is 29.5 Å². The normalized spacial score (nSPS) is 16.2. The van der Waals surface area contributed by atoms with Crippen LogP contribution in [0.5, 0.6) is 0 Å². The Morgan fingerprint density at radius 3 is 2.62 bits per heavy atom. The van der Waals surface area contributed by atoms with E-state index >= 15 is 0 Å². The third-order valence-corrected chi connectivity index (χ3v) is 6.86. The van der Waals surface area contributed by atoms with E-state index in [4.69, 9.17) is 17.3 Å². The quantitative estimate of drug-likeness (QED) is 0.329. The van der Waals surface area contributed by atoms with Gasteiger partial charge in [-0.05, 0) is 30.2 Å². The Morgan fingerprint density at radius 1 is 1.12 bits per heavy atom. The maximum absolute atomic E-state index is 14.4. The van der Waals surface area contributed by atoms with E-state index in [0.717, 1.165) is 17.3 Å². The second kappa shape index (κ2) is 11.9. The third-order valence-electron chi connectivity index (χ3n) is 6.57. The number of aromatic nitrogens is 4. The lowest BCUT2D eigenvalue weighted by atomic mass is 10.1. The Bertz CT molecular complexity index is 1770. The number of halogens is 4. The SMILES string of the molecule is NC(=O)c1nn(CC(=O)N2C[C@H](F)C[C@H]2C(=O)NCc2cccc(Cl)c2F)c2ccc(C#Cc3ncc(F)cn3)cc12. The molecule has 3 amide bonds. The highest BCUT2D eigenvalue weighted by atomic mass is 35.5. The van der Waals surface area contributed by atoms with Crippen molar-refractivity contribution < 1.29 is 27.6 Å². The van der Waals surface area contributed by atoms with E-state index in [-0.39, 0.29) is 41.6 Å². The molecule has 2 aromatic carbocycles. The van der Waals surface area contributed by atoms with Crippen LogP contribution in [-0.2, 0) is 22.7 Å². The van der Waals surface area contributed by atoms with E-state index in [1.165, 1.54) is 22.9 Å². The largest absolute Gasteiger partial charge is 0.364 e. The van der Waals surface area contributed by atoms with Crippen molar-refractivity contribution in [2.75, 3.05) is 6.54 Å². The molecule has 2 atom stereocenters. The van der Waals surface area contributed by atoms with Crippen molar-refractivity contribution >= 4 is 40.2 Å². The Kier molecular flexibility index (Phi) is 8.08. The van der Waals surface area contributed by atoms with E-state index in [9.17, 15) is 27.6 Å². The van der Waals surface area contributed by atoms with Gasteiger partial charge in [0.15, 0.2) is 11.5 Å². The van der Waals surface area contributed by atoms with Gasteiger partial charge in [0.25, 0.3) is 5.91 Å². The number of hydrogen-bond donors (Lipinski definition) is 2. The predicted octanol–water partition coefficient (Wildman–Crippen LogP) is 2.51. The van der Waals surface area contributed by atoms with Crippen LogP contribution in [0.25, 0.3) is 10.9 Å². The number of alkyl halides is 1. The maximum atomic E-state index is 14.4. The van der Waals surface area contributed by atoms with Gasteiger partial charge in [-0.2, -0.15) is 5.10 Å². The zero-order valence-corrected chi connectivity index (χ0v) is 22.4. The van der Waals surface area contributed by atoms with Crippen molar-refractivity contribution in [2.24, 2.45) is 5.73 Å². The van der Waals surface area contributed by atoms with Crippen molar-refractivity contribution in [3.8, 4) is 11.8 Å². The summed E-state index contributed by atoms with van der Waals surface area (Å²) in [7, 11) is 0. The first-order valence-corrected chi connectivity index (χ1v) is 12.9. The second-order valence-electron chi connectivity index (χ2n) is 9.40. The van der Waals surface area contributed by atoms with Crippen LogP contribution >= 0.6 is 11.6 Å². The Morgan fingerprint density at radius 2 is 1.88 bits per heavy atom. The summed E-state index contributed by atoms with van der Waals surface area (Å²) in [6.45, 7) is -0.946. The molecule has 1 fully saturated rings. The van der Waals surface area contributed by atoms with E-state index in [1.54, 1.807) is 18.2 Å². The molecule has 3 heterocycles. The average molecular weight is 596 g/mol. The van der Waals surface area contributed by atoms with Gasteiger partial charge in [0.05, 0.1) is 29.5 Å². The molecule has 5 rings (SSSR count). The zero-order valence-electron chi connectivity index (χ0n) is 21.7. The minimum absolute atomic E-state index is 0.0842. The summed E-state index contributed by atoms with van der Waals surface area (Å²) < 4.78 is 42.9. The molecule has 0 unspecified atom stereocenters. The van der Waals surface area contributed by atoms with E-state index in [2.05, 4.69) is 32.2 Å². The van der Waals surface area contributed by atoms with Crippen LogP contribution < -0.4 is 11.1 Å². The summed E-state index contributed by atoms with van der Waals surface area (Å²) in [5.41, 5.74) is 6.34. The fraction of sp³-hybridized carbons (Fsp3) is 0.214. The van der Waals surface area contributed by atoms with Crippen LogP contribution in [-0.4, -0.2) is 61.1 Å². The highest BCUT2D eigenvalue weighted by molar-refractivity contribution is 6.30. The first kappa shape index (κ1) is 28.6. The van der Waals surface area contributed by atoms with Gasteiger partial charge in [0.1, 0.15) is 24.6 Å². The van der Waals surface area contributed by atoms with Crippen LogP contribution in [0, 0.1) is 23.5 Å². The molecule has 0 radical (unpaired) electrons. The minimum atomic E-state index is -1.45. The molecule has 1 saturated heterocycles. The number of benzene rings is 2. The van der Waals surface area contributed by atoms with Gasteiger partial charge in [-0.25, -0.2) is 23.1 Å². The van der Waals surface area contributed by atoms with E-state index < -0.39 is 48.1 Å². The van der Waals surface area contributed by atoms with E-state index in [1.807, 2.05) is 0 Å². The minimum Gasteiger partial charge on any atom is -0.364 e. The van der Waals surface area contributed by atoms with Crippen LogP contribution in [0.2, 0.25) is 5.02 Å². The second-order valence-corrected chi connectivity index (χ2v) is 9.81. The first-order chi connectivity index (χ1) is 20.1. The first-order valence-electron chi connectivity index (χ1n) is 12.5. The summed E-state index contributed by atoms with van der Waals surface area (Å²) in [6.07, 6.45) is 0.271. The van der Waals surface area contributed by atoms with Gasteiger partial charge < -0.3 is 16.0 Å². The van der Waals surface area contributed by atoms with Crippen LogP contribution in [0.4, 0.5) is 13.2 Å². The molecule has 0 saturated carbocycles. The van der Waals surface area contributed by atoms with E-state index in [0.29, 0.717) is 16.5 Å². The Hall–Kier alpha value is -4.96. The molecule has 1 aliphatic rings. The Balaban J connectivity index is 1.35. The number of nitrogens with two attached hydrogens (primary N) is 1. The smallest absolute Gasteiger partial charge is 0.269 e. The lowest BCUT2D eigenvalue weighted by Gasteiger charge is -2.24. The predicted molar refractivity (Wildman–Crippen MR) is 144 cm³/mol. The number of nitrogens with zero attached hydrogens (tertiary/aromatic N) is 5. The molecule has 1 aliphatic heterocycles. The lowest BCUT2D eigenvalue weighted by Crippen LogP contribution is -2.46. The molecule has 0 aliphatic carbocycles. The molecule has 0 bridgehead atoms. The summed E-state index contributed by atoms with van der Waals surface area (Å²) in [4.78, 5) is 46.9. The summed E-state index contributed by atoms with van der Waals surface area (Å²) in [6, 6.07) is 7.92. The van der Waals surface area contributed by atoms with Gasteiger partial charge in [-0.1, -0.05) is 29.7 Å². The molecule has 214 valence electrons. The molecule has 42 heavy (non-hydrogen) atoms. The van der Waals surface area contributed by atoms with Crippen molar-refractivity contribution in [2.45, 2.75) is 31.7 Å². The number of primary amides is 1. The van der Waals surface area contributed by atoms with Crippen LogP contribution in [0.15, 0.2) is 48.8 Å². The lowest BCUT2D eigenvalue weighted by molar-refractivity contribution is -0.139. The molecule has 2 aromatic heterocycles. The van der Waals surface area contributed by atoms with Gasteiger partial charge in [-0.3, -0.25) is 19.1 Å². The van der Waals surface area contributed by atoms with Crippen molar-refractivity contribution in [1.82, 2.24) is 30.0 Å². The van der Waals surface area contributed by atoms with Gasteiger partial charge >= 0.3 is 0 Å². The number of fused-ring (bicyclic) bond motifs is 1. The zero-order chi connectivity index (χ0) is 30.0. The number of nitrogens with one attached hydrogen (secondary N) is 1.